The van der Waals surface area contributed by atoms with E-state index in [1.807, 2.05) is 46.6 Å². The summed E-state index contributed by atoms with van der Waals surface area (Å²) < 4.78 is 1.93. The molecule has 4 N–H and O–H groups in total. The molecule has 2 heterocycles. The van der Waals surface area contributed by atoms with Gasteiger partial charge >= 0.3 is 6.03 Å². The summed E-state index contributed by atoms with van der Waals surface area (Å²) in [6.45, 7) is 0. The van der Waals surface area contributed by atoms with Crippen LogP contribution in [0.3, 0.4) is 0 Å². The molecule has 2 amide bonds. The van der Waals surface area contributed by atoms with Gasteiger partial charge in [-0.2, -0.15) is 5.10 Å². The van der Waals surface area contributed by atoms with Gasteiger partial charge in [0.1, 0.15) is 0 Å². The summed E-state index contributed by atoms with van der Waals surface area (Å²) in [7, 11) is 0. The van der Waals surface area contributed by atoms with E-state index >= 15 is 0 Å². The predicted octanol–water partition coefficient (Wildman–Crippen LogP) is 2.09. The van der Waals surface area contributed by atoms with E-state index in [1.54, 1.807) is 0 Å². The first-order valence-corrected chi connectivity index (χ1v) is 7.98. The quantitative estimate of drug-likeness (QED) is 0.381. The molecule has 23 heavy (non-hydrogen) atoms. The minimum absolute atomic E-state index is 0.479. The molecule has 1 aliphatic carbocycles. The van der Waals surface area contributed by atoms with Gasteiger partial charge in [-0.05, 0) is 30.5 Å². The Morgan fingerprint density at radius 1 is 1.26 bits per heavy atom. The van der Waals surface area contributed by atoms with Crippen LogP contribution in [0.15, 0.2) is 36.5 Å². The van der Waals surface area contributed by atoms with Crippen molar-refractivity contribution >= 4 is 22.5 Å². The number of benzene rings is 1. The molecule has 116 valence electrons. The van der Waals surface area contributed by atoms with Gasteiger partial charge in [0, 0.05) is 0 Å². The normalized spacial score (nSPS) is 12.4. The van der Waals surface area contributed by atoms with E-state index in [2.05, 4.69) is 15.4 Å². The highest BCUT2D eigenvalue weighted by Gasteiger charge is 2.26. The minimum atomic E-state index is -0.479. The lowest BCUT2D eigenvalue weighted by Gasteiger charge is -2.13. The lowest BCUT2D eigenvalue weighted by atomic mass is 10.0. The van der Waals surface area contributed by atoms with Gasteiger partial charge in [0.2, 0.25) is 0 Å². The molecule has 0 spiro atoms. The van der Waals surface area contributed by atoms with Gasteiger partial charge in [0.05, 0.1) is 28.1 Å². The van der Waals surface area contributed by atoms with Crippen molar-refractivity contribution in [1.29, 1.82) is 0 Å². The third-order valence-electron chi connectivity index (χ3n) is 3.74. The highest BCUT2D eigenvalue weighted by Crippen LogP contribution is 2.40. The first-order chi connectivity index (χ1) is 11.3. The number of hydrogen-bond acceptors (Lipinski definition) is 5. The second kappa shape index (κ2) is 5.49. The van der Waals surface area contributed by atoms with Crippen LogP contribution in [0.1, 0.15) is 11.3 Å². The van der Waals surface area contributed by atoms with Gasteiger partial charge in [0.15, 0.2) is 5.13 Å². The standard InChI is InChI=1S/C15H14N6OS/c16-20-14(22)19-15-18-11-7-6-9-8-17-21(12(9)13(11)23-15)10-4-2-1-3-5-10/h1-5,8H,6-7,16H2,(H2,18,19,20,22). The molecule has 0 aliphatic heterocycles. The topological polar surface area (TPSA) is 97.9 Å². The second-order valence-electron chi connectivity index (χ2n) is 5.16. The van der Waals surface area contributed by atoms with Crippen molar-refractivity contribution in [3.63, 3.8) is 0 Å². The summed E-state index contributed by atoms with van der Waals surface area (Å²) >= 11 is 1.44. The number of carbonyl (C=O) groups is 1. The molecule has 0 atom stereocenters. The number of rotatable bonds is 2. The third kappa shape index (κ3) is 2.37. The molecule has 1 aromatic carbocycles. The van der Waals surface area contributed by atoms with Gasteiger partial charge in [-0.1, -0.05) is 29.5 Å². The van der Waals surface area contributed by atoms with Crippen LogP contribution in [-0.4, -0.2) is 20.8 Å². The fourth-order valence-electron chi connectivity index (χ4n) is 2.72. The van der Waals surface area contributed by atoms with Crippen LogP contribution in [0, 0.1) is 0 Å². The number of para-hydroxylation sites is 1. The van der Waals surface area contributed by atoms with Crippen LogP contribution < -0.4 is 16.6 Å². The van der Waals surface area contributed by atoms with Crippen LogP contribution in [0.25, 0.3) is 16.3 Å². The molecule has 0 saturated heterocycles. The van der Waals surface area contributed by atoms with Gasteiger partial charge in [-0.25, -0.2) is 20.3 Å². The Balaban J connectivity index is 1.80. The van der Waals surface area contributed by atoms with Gasteiger partial charge in [-0.3, -0.25) is 10.7 Å². The molecule has 8 heteroatoms. The van der Waals surface area contributed by atoms with Crippen molar-refractivity contribution in [3.05, 3.63) is 47.8 Å². The number of fused-ring (bicyclic) bond motifs is 3. The Bertz CT molecular complexity index is 869. The number of hydrazine groups is 1. The van der Waals surface area contributed by atoms with E-state index in [0.717, 1.165) is 34.8 Å². The molecular formula is C15H14N6OS. The lowest BCUT2D eigenvalue weighted by Crippen LogP contribution is -2.34. The number of aryl methyl sites for hydroxylation is 2. The molecule has 0 saturated carbocycles. The molecule has 1 aliphatic rings. The molecule has 4 rings (SSSR count). The van der Waals surface area contributed by atoms with E-state index in [0.29, 0.717) is 5.13 Å². The number of carbonyl (C=O) groups excluding carboxylic acids is 1. The Hall–Kier alpha value is -2.71. The van der Waals surface area contributed by atoms with Crippen LogP contribution >= 0.6 is 11.3 Å². The Morgan fingerprint density at radius 2 is 2.09 bits per heavy atom. The number of thiazole rings is 1. The van der Waals surface area contributed by atoms with Crippen LogP contribution in [0.4, 0.5) is 9.93 Å². The zero-order chi connectivity index (χ0) is 15.8. The molecule has 7 nitrogen and oxygen atoms in total. The summed E-state index contributed by atoms with van der Waals surface area (Å²) in [5.41, 5.74) is 6.27. The highest BCUT2D eigenvalue weighted by molar-refractivity contribution is 7.19. The number of nitrogens with two attached hydrogens (primary N) is 1. The third-order valence-corrected chi connectivity index (χ3v) is 4.76. The Labute approximate surface area is 136 Å². The molecule has 2 aromatic heterocycles. The average Bonchev–Trinajstić information content (AvgIpc) is 3.18. The number of anilines is 1. The van der Waals surface area contributed by atoms with Crippen LogP contribution in [0.5, 0.6) is 0 Å². The van der Waals surface area contributed by atoms with Gasteiger partial charge < -0.3 is 0 Å². The van der Waals surface area contributed by atoms with Crippen LogP contribution in [0.2, 0.25) is 0 Å². The minimum Gasteiger partial charge on any atom is -0.283 e. The maximum absolute atomic E-state index is 11.4. The summed E-state index contributed by atoms with van der Waals surface area (Å²) in [4.78, 5) is 16.9. The Kier molecular flexibility index (Phi) is 3.32. The number of urea groups is 1. The summed E-state index contributed by atoms with van der Waals surface area (Å²) in [6.07, 6.45) is 3.64. The molecule has 0 radical (unpaired) electrons. The first kappa shape index (κ1) is 13.9. The molecular weight excluding hydrogens is 312 g/mol. The first-order valence-electron chi connectivity index (χ1n) is 7.16. The fourth-order valence-corrected chi connectivity index (χ4v) is 3.79. The number of nitrogens with zero attached hydrogens (tertiary/aromatic N) is 3. The van der Waals surface area contributed by atoms with Crippen molar-refractivity contribution in [3.8, 4) is 16.3 Å². The smallest absolute Gasteiger partial charge is 0.283 e. The van der Waals surface area contributed by atoms with Gasteiger partial charge in [0.25, 0.3) is 0 Å². The molecule has 0 unspecified atom stereocenters. The fraction of sp³-hybridized carbons (Fsp3) is 0.133. The number of hydrogen-bond donors (Lipinski definition) is 3. The van der Waals surface area contributed by atoms with Gasteiger partial charge in [-0.15, -0.1) is 0 Å². The largest absolute Gasteiger partial charge is 0.335 e. The zero-order valence-corrected chi connectivity index (χ0v) is 12.9. The molecule has 0 fully saturated rings. The lowest BCUT2D eigenvalue weighted by molar-refractivity contribution is 0.252. The maximum Gasteiger partial charge on any atom is 0.335 e. The average molecular weight is 326 g/mol. The summed E-state index contributed by atoms with van der Waals surface area (Å²) in [5, 5.41) is 7.70. The SMILES string of the molecule is NNC(=O)Nc1nc2c(s1)-c1c(cnn1-c1ccccc1)CC2. The van der Waals surface area contributed by atoms with Crippen molar-refractivity contribution in [2.75, 3.05) is 5.32 Å². The predicted molar refractivity (Wildman–Crippen MR) is 88.4 cm³/mol. The Morgan fingerprint density at radius 3 is 2.87 bits per heavy atom. The number of aromatic nitrogens is 3. The van der Waals surface area contributed by atoms with Crippen molar-refractivity contribution < 1.29 is 4.79 Å². The van der Waals surface area contributed by atoms with E-state index in [4.69, 9.17) is 5.84 Å². The number of nitrogens with one attached hydrogen (secondary N) is 2. The van der Waals surface area contributed by atoms with E-state index in [9.17, 15) is 4.79 Å². The maximum atomic E-state index is 11.4. The van der Waals surface area contributed by atoms with E-state index in [1.165, 1.54) is 16.9 Å². The zero-order valence-electron chi connectivity index (χ0n) is 12.1. The van der Waals surface area contributed by atoms with Crippen molar-refractivity contribution in [1.82, 2.24) is 20.2 Å². The van der Waals surface area contributed by atoms with E-state index < -0.39 is 6.03 Å². The summed E-state index contributed by atoms with van der Waals surface area (Å²) in [6, 6.07) is 9.50. The monoisotopic (exact) mass is 326 g/mol. The molecule has 0 bridgehead atoms. The highest BCUT2D eigenvalue weighted by atomic mass is 32.1. The second-order valence-corrected chi connectivity index (χ2v) is 6.16. The van der Waals surface area contributed by atoms with Crippen molar-refractivity contribution in [2.45, 2.75) is 12.8 Å². The number of amides is 2. The van der Waals surface area contributed by atoms with Crippen LogP contribution in [-0.2, 0) is 12.8 Å². The molecule has 3 aromatic rings. The van der Waals surface area contributed by atoms with Crippen molar-refractivity contribution in [2.24, 2.45) is 5.84 Å². The van der Waals surface area contributed by atoms with E-state index in [-0.39, 0.29) is 0 Å². The summed E-state index contributed by atoms with van der Waals surface area (Å²) in [5.74, 6) is 5.10.